The molecule has 1 aromatic rings. The first-order valence-corrected chi connectivity index (χ1v) is 9.14. The first kappa shape index (κ1) is 12.5. The number of hydrogen-bond acceptors (Lipinski definition) is 1. The Bertz CT molecular complexity index is 381. The van der Waals surface area contributed by atoms with Crippen LogP contribution in [0.1, 0.15) is 11.7 Å². The summed E-state index contributed by atoms with van der Waals surface area (Å²) in [6.45, 7) is 6.48. The largest absolute Gasteiger partial charge is 0.376 e. The fraction of sp³-hybridized carbons (Fsp3) is 0.333. The van der Waals surface area contributed by atoms with Crippen LogP contribution in [0.4, 0.5) is 0 Å². The third-order valence-corrected chi connectivity index (χ3v) is 3.19. The predicted molar refractivity (Wildman–Crippen MR) is 70.2 cm³/mol. The number of hydrogen-bond donors (Lipinski definition) is 1. The van der Waals surface area contributed by atoms with Gasteiger partial charge in [-0.15, -0.1) is 5.54 Å². The predicted octanol–water partition coefficient (Wildman–Crippen LogP) is 3.36. The van der Waals surface area contributed by atoms with Crippen molar-refractivity contribution < 1.29 is 5.11 Å². The fourth-order valence-electron chi connectivity index (χ4n) is 1.01. The van der Waals surface area contributed by atoms with Crippen molar-refractivity contribution >= 4 is 24.0 Å². The molecule has 0 radical (unpaired) electrons. The van der Waals surface area contributed by atoms with Crippen LogP contribution in [0, 0.1) is 11.5 Å². The molecular formula is C12H15BrOSi. The van der Waals surface area contributed by atoms with Gasteiger partial charge in [-0.05, 0) is 17.7 Å². The van der Waals surface area contributed by atoms with Gasteiger partial charge >= 0.3 is 0 Å². The molecule has 80 valence electrons. The van der Waals surface area contributed by atoms with E-state index in [2.05, 4.69) is 47.0 Å². The van der Waals surface area contributed by atoms with Crippen LogP contribution in [0.3, 0.4) is 0 Å². The van der Waals surface area contributed by atoms with E-state index >= 15 is 0 Å². The molecule has 0 unspecified atom stereocenters. The second kappa shape index (κ2) is 4.98. The second-order valence-corrected chi connectivity index (χ2v) is 10.1. The highest BCUT2D eigenvalue weighted by atomic mass is 79.9. The van der Waals surface area contributed by atoms with Gasteiger partial charge in [0.25, 0.3) is 0 Å². The van der Waals surface area contributed by atoms with E-state index in [1.807, 2.05) is 24.3 Å². The molecule has 0 saturated heterocycles. The molecule has 0 aliphatic heterocycles. The summed E-state index contributed by atoms with van der Waals surface area (Å²) in [5, 5.41) is 9.81. The molecule has 3 heteroatoms. The highest BCUT2D eigenvalue weighted by molar-refractivity contribution is 9.10. The van der Waals surface area contributed by atoms with Crippen LogP contribution in [0.2, 0.25) is 19.6 Å². The quantitative estimate of drug-likeness (QED) is 0.619. The molecule has 0 spiro atoms. The molecule has 0 bridgehead atoms. The van der Waals surface area contributed by atoms with Gasteiger partial charge in [0.1, 0.15) is 14.2 Å². The van der Waals surface area contributed by atoms with Gasteiger partial charge in [0.05, 0.1) is 0 Å². The Morgan fingerprint density at radius 2 is 1.73 bits per heavy atom. The molecular weight excluding hydrogens is 268 g/mol. The monoisotopic (exact) mass is 282 g/mol. The molecule has 1 rings (SSSR count). The van der Waals surface area contributed by atoms with Crippen LogP contribution < -0.4 is 0 Å². The molecule has 0 heterocycles. The van der Waals surface area contributed by atoms with Gasteiger partial charge in [-0.1, -0.05) is 53.6 Å². The summed E-state index contributed by atoms with van der Waals surface area (Å²) in [6, 6.07) is 7.59. The average Bonchev–Trinajstić information content (AvgIpc) is 2.14. The van der Waals surface area contributed by atoms with E-state index in [1.165, 1.54) is 0 Å². The lowest BCUT2D eigenvalue weighted by Gasteiger charge is -2.07. The van der Waals surface area contributed by atoms with Gasteiger partial charge in [0.15, 0.2) is 0 Å². The van der Waals surface area contributed by atoms with E-state index in [0.717, 1.165) is 10.0 Å². The minimum Gasteiger partial charge on any atom is -0.376 e. The summed E-state index contributed by atoms with van der Waals surface area (Å²) in [7, 11) is -1.39. The molecule has 0 aliphatic rings. The van der Waals surface area contributed by atoms with Gasteiger partial charge in [0.2, 0.25) is 0 Å². The maximum Gasteiger partial charge on any atom is 0.139 e. The Kier molecular flexibility index (Phi) is 4.15. The zero-order chi connectivity index (χ0) is 11.5. The summed E-state index contributed by atoms with van der Waals surface area (Å²) < 4.78 is 1.01. The van der Waals surface area contributed by atoms with Gasteiger partial charge in [-0.2, -0.15) is 0 Å². The van der Waals surface area contributed by atoms with Crippen molar-refractivity contribution in [3.8, 4) is 11.5 Å². The maximum absolute atomic E-state index is 9.81. The number of rotatable bonds is 1. The molecule has 1 atom stereocenters. The summed E-state index contributed by atoms with van der Waals surface area (Å²) in [5.74, 6) is 2.91. The van der Waals surface area contributed by atoms with E-state index in [0.29, 0.717) is 0 Å². The minimum absolute atomic E-state index is 0.662. The van der Waals surface area contributed by atoms with Crippen molar-refractivity contribution in [3.63, 3.8) is 0 Å². The molecule has 1 aromatic carbocycles. The Morgan fingerprint density at radius 3 is 2.20 bits per heavy atom. The van der Waals surface area contributed by atoms with E-state index in [9.17, 15) is 5.11 Å². The summed E-state index contributed by atoms with van der Waals surface area (Å²) >= 11 is 3.35. The summed E-state index contributed by atoms with van der Waals surface area (Å²) in [4.78, 5) is 0. The molecule has 0 aromatic heterocycles. The van der Waals surface area contributed by atoms with E-state index in [1.54, 1.807) is 0 Å². The third kappa shape index (κ3) is 4.65. The SMILES string of the molecule is C[Si](C)(C)C#C[C@H](O)c1ccc(Br)cc1. The van der Waals surface area contributed by atoms with Crippen molar-refractivity contribution in [2.45, 2.75) is 25.7 Å². The Morgan fingerprint density at radius 1 is 1.20 bits per heavy atom. The minimum atomic E-state index is -1.39. The standard InChI is InChI=1S/C12H15BrOSi/c1-15(2,3)9-8-12(14)10-4-6-11(13)7-5-10/h4-7,12,14H,1-3H3/t12-/m0/s1. The molecule has 15 heavy (non-hydrogen) atoms. The van der Waals surface area contributed by atoms with Gasteiger partial charge in [0, 0.05) is 4.47 Å². The lowest BCUT2D eigenvalue weighted by molar-refractivity contribution is 0.238. The maximum atomic E-state index is 9.81. The highest BCUT2D eigenvalue weighted by Gasteiger charge is 2.09. The van der Waals surface area contributed by atoms with Crippen LogP contribution in [-0.4, -0.2) is 13.2 Å². The van der Waals surface area contributed by atoms with Crippen LogP contribution in [0.5, 0.6) is 0 Å². The van der Waals surface area contributed by atoms with Crippen molar-refractivity contribution in [1.29, 1.82) is 0 Å². The van der Waals surface area contributed by atoms with Gasteiger partial charge < -0.3 is 5.11 Å². The zero-order valence-corrected chi connectivity index (χ0v) is 11.8. The fourth-order valence-corrected chi connectivity index (χ4v) is 1.85. The number of halogens is 1. The van der Waals surface area contributed by atoms with Gasteiger partial charge in [-0.3, -0.25) is 0 Å². The average molecular weight is 283 g/mol. The van der Waals surface area contributed by atoms with Crippen LogP contribution >= 0.6 is 15.9 Å². The zero-order valence-electron chi connectivity index (χ0n) is 9.21. The number of benzene rings is 1. The van der Waals surface area contributed by atoms with E-state index in [-0.39, 0.29) is 0 Å². The lowest BCUT2D eigenvalue weighted by Crippen LogP contribution is -2.16. The smallest absolute Gasteiger partial charge is 0.139 e. The molecule has 1 nitrogen and oxygen atoms in total. The first-order valence-electron chi connectivity index (χ1n) is 4.85. The first-order chi connectivity index (χ1) is 6.88. The topological polar surface area (TPSA) is 20.2 Å². The Labute approximate surface area is 101 Å². The molecule has 0 amide bonds. The van der Waals surface area contributed by atoms with Crippen LogP contribution in [0.15, 0.2) is 28.7 Å². The highest BCUT2D eigenvalue weighted by Crippen LogP contribution is 2.16. The molecule has 0 saturated carbocycles. The van der Waals surface area contributed by atoms with E-state index in [4.69, 9.17) is 0 Å². The number of aliphatic hydroxyl groups excluding tert-OH is 1. The normalized spacial score (nSPS) is 12.9. The van der Waals surface area contributed by atoms with Crippen molar-refractivity contribution in [1.82, 2.24) is 0 Å². The Balaban J connectivity index is 2.80. The van der Waals surface area contributed by atoms with Crippen LogP contribution in [0.25, 0.3) is 0 Å². The summed E-state index contributed by atoms with van der Waals surface area (Å²) in [5.41, 5.74) is 4.01. The second-order valence-electron chi connectivity index (χ2n) is 4.47. The number of aliphatic hydroxyl groups is 1. The van der Waals surface area contributed by atoms with Crippen molar-refractivity contribution in [3.05, 3.63) is 34.3 Å². The summed E-state index contributed by atoms with van der Waals surface area (Å²) in [6.07, 6.45) is -0.662. The van der Waals surface area contributed by atoms with Crippen molar-refractivity contribution in [2.24, 2.45) is 0 Å². The molecule has 1 N–H and O–H groups in total. The molecule has 0 fully saturated rings. The van der Waals surface area contributed by atoms with E-state index < -0.39 is 14.2 Å². The van der Waals surface area contributed by atoms with Crippen LogP contribution in [-0.2, 0) is 0 Å². The lowest BCUT2D eigenvalue weighted by atomic mass is 10.1. The van der Waals surface area contributed by atoms with Crippen molar-refractivity contribution in [2.75, 3.05) is 0 Å². The molecule has 0 aliphatic carbocycles. The Hall–Kier alpha value is -0.563. The third-order valence-electron chi connectivity index (χ3n) is 1.77. The van der Waals surface area contributed by atoms with Gasteiger partial charge in [-0.25, -0.2) is 0 Å².